The first kappa shape index (κ1) is 11.7. The number of benzene rings is 1. The van der Waals surface area contributed by atoms with Crippen molar-refractivity contribution >= 4 is 0 Å². The normalized spacial score (nSPS) is 14.6. The molecule has 2 aromatic rings. The number of hydrogen-bond donors (Lipinski definition) is 1. The van der Waals surface area contributed by atoms with Crippen molar-refractivity contribution in [3.63, 3.8) is 0 Å². The summed E-state index contributed by atoms with van der Waals surface area (Å²) in [6, 6.07) is 5.28. The van der Waals surface area contributed by atoms with Crippen LogP contribution in [0.15, 0.2) is 30.5 Å². The minimum atomic E-state index is -2.61. The Morgan fingerprint density at radius 1 is 1.35 bits per heavy atom. The summed E-state index contributed by atoms with van der Waals surface area (Å²) in [5, 5.41) is 13.5. The Hall–Kier alpha value is -1.75. The number of halogens is 2. The Balaban J connectivity index is 2.61. The lowest BCUT2D eigenvalue weighted by Gasteiger charge is -2.17. The Labute approximate surface area is 97.3 Å². The van der Waals surface area contributed by atoms with Crippen LogP contribution in [0, 0.1) is 12.7 Å². The molecule has 0 fully saturated rings. The molecule has 5 heteroatoms. The summed E-state index contributed by atoms with van der Waals surface area (Å²) < 4.78 is 28.1. The molecule has 17 heavy (non-hydrogen) atoms. The van der Waals surface area contributed by atoms with Crippen molar-refractivity contribution in [2.24, 2.45) is 0 Å². The highest BCUT2D eigenvalue weighted by atomic mass is 19.2. The first-order chi connectivity index (χ1) is 7.88. The Morgan fingerprint density at radius 3 is 2.59 bits per heavy atom. The predicted octanol–water partition coefficient (Wildman–Crippen LogP) is 2.45. The molecule has 0 spiro atoms. The number of aromatic nitrogens is 2. The molecule has 2 rings (SSSR count). The SMILES string of the molecule is Cc1ccn(-c2ccc(F)cc2C(C)(O)F)n1. The van der Waals surface area contributed by atoms with E-state index in [0.29, 0.717) is 5.69 Å². The van der Waals surface area contributed by atoms with Gasteiger partial charge < -0.3 is 5.11 Å². The highest BCUT2D eigenvalue weighted by Gasteiger charge is 2.26. The van der Waals surface area contributed by atoms with Crippen molar-refractivity contribution in [3.8, 4) is 5.69 Å². The molecule has 0 aliphatic heterocycles. The molecule has 90 valence electrons. The fourth-order valence-corrected chi connectivity index (χ4v) is 1.62. The van der Waals surface area contributed by atoms with Crippen molar-refractivity contribution < 1.29 is 13.9 Å². The van der Waals surface area contributed by atoms with Crippen LogP contribution in [-0.4, -0.2) is 14.9 Å². The topological polar surface area (TPSA) is 38.0 Å². The molecule has 0 amide bonds. The van der Waals surface area contributed by atoms with E-state index in [0.717, 1.165) is 18.7 Å². The maximum atomic E-state index is 13.6. The van der Waals surface area contributed by atoms with Gasteiger partial charge in [-0.25, -0.2) is 13.5 Å². The van der Waals surface area contributed by atoms with Gasteiger partial charge in [0.15, 0.2) is 0 Å². The third kappa shape index (κ3) is 2.34. The van der Waals surface area contributed by atoms with Gasteiger partial charge in [-0.05, 0) is 38.1 Å². The van der Waals surface area contributed by atoms with Crippen LogP contribution in [0.5, 0.6) is 0 Å². The van der Waals surface area contributed by atoms with Gasteiger partial charge in [-0.3, -0.25) is 0 Å². The molecular weight excluding hydrogens is 226 g/mol. The summed E-state index contributed by atoms with van der Waals surface area (Å²) in [6.07, 6.45) is 1.62. The smallest absolute Gasteiger partial charge is 0.232 e. The Bertz CT molecular complexity index is 544. The fraction of sp³-hybridized carbons (Fsp3) is 0.250. The molecule has 0 bridgehead atoms. The summed E-state index contributed by atoms with van der Waals surface area (Å²) >= 11 is 0. The minimum absolute atomic E-state index is 0.152. The van der Waals surface area contributed by atoms with Crippen molar-refractivity contribution in [3.05, 3.63) is 47.5 Å². The molecule has 3 nitrogen and oxygen atoms in total. The van der Waals surface area contributed by atoms with Crippen LogP contribution < -0.4 is 0 Å². The van der Waals surface area contributed by atoms with E-state index in [-0.39, 0.29) is 5.56 Å². The summed E-state index contributed by atoms with van der Waals surface area (Å²) in [6.45, 7) is 2.74. The minimum Gasteiger partial charge on any atom is -0.358 e. The number of hydrogen-bond acceptors (Lipinski definition) is 2. The zero-order valence-corrected chi connectivity index (χ0v) is 9.48. The molecule has 0 radical (unpaired) electrons. The van der Waals surface area contributed by atoms with Crippen molar-refractivity contribution in [2.75, 3.05) is 0 Å². The second-order valence-electron chi connectivity index (χ2n) is 4.02. The van der Waals surface area contributed by atoms with Crippen LogP contribution in [0.4, 0.5) is 8.78 Å². The fourth-order valence-electron chi connectivity index (χ4n) is 1.62. The summed E-state index contributed by atoms with van der Waals surface area (Å²) in [7, 11) is 0. The quantitative estimate of drug-likeness (QED) is 0.872. The van der Waals surface area contributed by atoms with Crippen molar-refractivity contribution in [1.82, 2.24) is 9.78 Å². The summed E-state index contributed by atoms with van der Waals surface area (Å²) in [4.78, 5) is 0. The molecule has 1 atom stereocenters. The monoisotopic (exact) mass is 238 g/mol. The van der Waals surface area contributed by atoms with E-state index in [1.54, 1.807) is 19.2 Å². The average Bonchev–Trinajstić information content (AvgIpc) is 2.63. The highest BCUT2D eigenvalue weighted by Crippen LogP contribution is 2.28. The second-order valence-corrected chi connectivity index (χ2v) is 4.02. The molecule has 0 saturated carbocycles. The number of aliphatic hydroxyl groups is 1. The molecule has 0 aliphatic rings. The largest absolute Gasteiger partial charge is 0.358 e. The Morgan fingerprint density at radius 2 is 2.06 bits per heavy atom. The third-order valence-corrected chi connectivity index (χ3v) is 2.42. The number of aryl methyl sites for hydroxylation is 1. The van der Waals surface area contributed by atoms with E-state index in [1.165, 1.54) is 16.8 Å². The van der Waals surface area contributed by atoms with E-state index < -0.39 is 11.7 Å². The zero-order valence-electron chi connectivity index (χ0n) is 9.48. The maximum Gasteiger partial charge on any atom is 0.232 e. The predicted molar refractivity (Wildman–Crippen MR) is 58.9 cm³/mol. The van der Waals surface area contributed by atoms with Crippen LogP contribution in [0.1, 0.15) is 18.2 Å². The van der Waals surface area contributed by atoms with E-state index >= 15 is 0 Å². The molecule has 1 N–H and O–H groups in total. The molecule has 0 saturated heterocycles. The lowest BCUT2D eigenvalue weighted by molar-refractivity contribution is -0.0771. The van der Waals surface area contributed by atoms with Gasteiger partial charge in [0.2, 0.25) is 5.85 Å². The standard InChI is InChI=1S/C12H12F2N2O/c1-8-5-6-16(15-8)11-4-3-9(13)7-10(11)12(2,14)17/h3-7,17H,1-2H3. The van der Waals surface area contributed by atoms with Gasteiger partial charge in [-0.1, -0.05) is 0 Å². The molecule has 1 unspecified atom stereocenters. The highest BCUT2D eigenvalue weighted by molar-refractivity contribution is 5.43. The lowest BCUT2D eigenvalue weighted by Crippen LogP contribution is -2.17. The molecule has 1 aromatic heterocycles. The number of nitrogens with zero attached hydrogens (tertiary/aromatic N) is 2. The molecule has 1 aromatic carbocycles. The van der Waals surface area contributed by atoms with E-state index in [1.807, 2.05) is 0 Å². The van der Waals surface area contributed by atoms with Crippen LogP contribution in [0.25, 0.3) is 5.69 Å². The van der Waals surface area contributed by atoms with Gasteiger partial charge in [-0.2, -0.15) is 5.10 Å². The summed E-state index contributed by atoms with van der Waals surface area (Å²) in [5.74, 6) is -3.22. The third-order valence-electron chi connectivity index (χ3n) is 2.42. The van der Waals surface area contributed by atoms with E-state index in [4.69, 9.17) is 0 Å². The van der Waals surface area contributed by atoms with Gasteiger partial charge in [-0.15, -0.1) is 0 Å². The average molecular weight is 238 g/mol. The van der Waals surface area contributed by atoms with Gasteiger partial charge in [0.1, 0.15) is 5.82 Å². The maximum absolute atomic E-state index is 13.6. The van der Waals surface area contributed by atoms with Crippen LogP contribution in [0.3, 0.4) is 0 Å². The van der Waals surface area contributed by atoms with Gasteiger partial charge in [0.05, 0.1) is 11.4 Å². The van der Waals surface area contributed by atoms with Gasteiger partial charge in [0, 0.05) is 11.8 Å². The van der Waals surface area contributed by atoms with E-state index in [2.05, 4.69) is 5.10 Å². The van der Waals surface area contributed by atoms with Crippen LogP contribution >= 0.6 is 0 Å². The van der Waals surface area contributed by atoms with Crippen molar-refractivity contribution in [1.29, 1.82) is 0 Å². The first-order valence-corrected chi connectivity index (χ1v) is 5.12. The zero-order chi connectivity index (χ0) is 12.6. The summed E-state index contributed by atoms with van der Waals surface area (Å²) in [5.41, 5.74) is 0.909. The van der Waals surface area contributed by atoms with Crippen LogP contribution in [-0.2, 0) is 5.85 Å². The molecule has 0 aliphatic carbocycles. The van der Waals surface area contributed by atoms with E-state index in [9.17, 15) is 13.9 Å². The number of rotatable bonds is 2. The van der Waals surface area contributed by atoms with Gasteiger partial charge in [0.25, 0.3) is 0 Å². The van der Waals surface area contributed by atoms with Gasteiger partial charge >= 0.3 is 0 Å². The van der Waals surface area contributed by atoms with Crippen molar-refractivity contribution in [2.45, 2.75) is 19.7 Å². The number of alkyl halides is 1. The lowest BCUT2D eigenvalue weighted by atomic mass is 10.1. The second kappa shape index (κ2) is 3.92. The Kier molecular flexibility index (Phi) is 2.71. The molecular formula is C12H12F2N2O. The first-order valence-electron chi connectivity index (χ1n) is 5.12. The molecule has 1 heterocycles. The van der Waals surface area contributed by atoms with Crippen LogP contribution in [0.2, 0.25) is 0 Å².